The van der Waals surface area contributed by atoms with Gasteiger partial charge in [-0.1, -0.05) is 23.7 Å². The maximum absolute atomic E-state index is 12.1. The van der Waals surface area contributed by atoms with Gasteiger partial charge >= 0.3 is 0 Å². The van der Waals surface area contributed by atoms with Crippen LogP contribution in [-0.4, -0.2) is 15.7 Å². The minimum absolute atomic E-state index is 0.157. The van der Waals surface area contributed by atoms with E-state index >= 15 is 0 Å². The molecule has 2 heterocycles. The van der Waals surface area contributed by atoms with E-state index in [-0.39, 0.29) is 5.91 Å². The molecule has 0 saturated heterocycles. The molecule has 100 valence electrons. The number of halogens is 1. The van der Waals surface area contributed by atoms with Crippen LogP contribution in [0.5, 0.6) is 0 Å². The van der Waals surface area contributed by atoms with Gasteiger partial charge in [0, 0.05) is 12.4 Å². The molecule has 0 radical (unpaired) electrons. The molecule has 0 aliphatic carbocycles. The first-order valence-electron chi connectivity index (χ1n) is 5.89. The third-order valence-electron chi connectivity index (χ3n) is 2.71. The number of nitrogens with zero attached hydrogens (tertiary/aromatic N) is 2. The van der Waals surface area contributed by atoms with Crippen molar-refractivity contribution in [1.29, 1.82) is 0 Å². The fourth-order valence-corrected chi connectivity index (χ4v) is 2.72. The standard InChI is InChI=1S/C14H10ClN3OS/c15-10-4-1-5-11(13(10)18-8-3-7-16-18)17-14(19)12-6-2-9-20-12/h1-9H,(H,17,19). The molecule has 0 aliphatic rings. The van der Waals surface area contributed by atoms with E-state index < -0.39 is 0 Å². The van der Waals surface area contributed by atoms with E-state index in [0.29, 0.717) is 21.3 Å². The molecule has 6 heteroatoms. The highest BCUT2D eigenvalue weighted by atomic mass is 35.5. The molecule has 1 aromatic carbocycles. The van der Waals surface area contributed by atoms with E-state index in [4.69, 9.17) is 11.6 Å². The van der Waals surface area contributed by atoms with Gasteiger partial charge in [-0.15, -0.1) is 11.3 Å². The summed E-state index contributed by atoms with van der Waals surface area (Å²) >= 11 is 7.61. The van der Waals surface area contributed by atoms with Crippen LogP contribution in [-0.2, 0) is 0 Å². The summed E-state index contributed by atoms with van der Waals surface area (Å²) in [5, 5.41) is 9.42. The predicted molar refractivity (Wildman–Crippen MR) is 80.8 cm³/mol. The van der Waals surface area contributed by atoms with Gasteiger partial charge in [0.15, 0.2) is 0 Å². The van der Waals surface area contributed by atoms with E-state index in [0.717, 1.165) is 0 Å². The number of rotatable bonds is 3. The first kappa shape index (κ1) is 12.9. The largest absolute Gasteiger partial charge is 0.319 e. The van der Waals surface area contributed by atoms with Crippen molar-refractivity contribution < 1.29 is 4.79 Å². The number of aromatic nitrogens is 2. The van der Waals surface area contributed by atoms with Gasteiger partial charge < -0.3 is 5.32 Å². The van der Waals surface area contributed by atoms with Crippen molar-refractivity contribution in [3.8, 4) is 5.69 Å². The highest BCUT2D eigenvalue weighted by molar-refractivity contribution is 7.12. The highest BCUT2D eigenvalue weighted by Crippen LogP contribution is 2.28. The number of amides is 1. The van der Waals surface area contributed by atoms with Crippen LogP contribution < -0.4 is 5.32 Å². The molecule has 1 amide bonds. The van der Waals surface area contributed by atoms with Crippen molar-refractivity contribution in [1.82, 2.24) is 9.78 Å². The van der Waals surface area contributed by atoms with Crippen LogP contribution in [0.2, 0.25) is 5.02 Å². The van der Waals surface area contributed by atoms with Crippen molar-refractivity contribution >= 4 is 34.5 Å². The maximum atomic E-state index is 12.1. The number of para-hydroxylation sites is 1. The third-order valence-corrected chi connectivity index (χ3v) is 3.89. The van der Waals surface area contributed by atoms with E-state index in [1.165, 1.54) is 11.3 Å². The molecule has 2 aromatic heterocycles. The van der Waals surface area contributed by atoms with Gasteiger partial charge in [-0.3, -0.25) is 4.79 Å². The fourth-order valence-electron chi connectivity index (χ4n) is 1.84. The molecule has 0 fully saturated rings. The Labute approximate surface area is 124 Å². The van der Waals surface area contributed by atoms with Gasteiger partial charge in [-0.25, -0.2) is 4.68 Å². The number of anilines is 1. The Balaban J connectivity index is 1.98. The van der Waals surface area contributed by atoms with Gasteiger partial charge in [-0.05, 0) is 29.6 Å². The zero-order valence-corrected chi connectivity index (χ0v) is 11.9. The maximum Gasteiger partial charge on any atom is 0.265 e. The predicted octanol–water partition coefficient (Wildman–Crippen LogP) is 3.84. The second kappa shape index (κ2) is 5.48. The summed E-state index contributed by atoms with van der Waals surface area (Å²) in [6, 6.07) is 10.8. The fraction of sp³-hybridized carbons (Fsp3) is 0. The SMILES string of the molecule is O=C(Nc1cccc(Cl)c1-n1cccn1)c1cccs1. The zero-order chi connectivity index (χ0) is 13.9. The third kappa shape index (κ3) is 2.45. The summed E-state index contributed by atoms with van der Waals surface area (Å²) in [4.78, 5) is 12.8. The smallest absolute Gasteiger partial charge is 0.265 e. The van der Waals surface area contributed by atoms with Gasteiger partial charge in [0.25, 0.3) is 5.91 Å². The first-order valence-corrected chi connectivity index (χ1v) is 7.15. The highest BCUT2D eigenvalue weighted by Gasteiger charge is 2.13. The van der Waals surface area contributed by atoms with Crippen LogP contribution >= 0.6 is 22.9 Å². The van der Waals surface area contributed by atoms with Crippen LogP contribution in [0.4, 0.5) is 5.69 Å². The summed E-state index contributed by atoms with van der Waals surface area (Å²) in [5.74, 6) is -0.157. The van der Waals surface area contributed by atoms with Crippen LogP contribution in [0.1, 0.15) is 9.67 Å². The lowest BCUT2D eigenvalue weighted by Crippen LogP contribution is -2.13. The molecule has 3 aromatic rings. The van der Waals surface area contributed by atoms with Crippen molar-refractivity contribution in [2.75, 3.05) is 5.32 Å². The Morgan fingerprint density at radius 3 is 2.85 bits per heavy atom. The molecule has 0 aliphatic heterocycles. The van der Waals surface area contributed by atoms with Crippen LogP contribution in [0.25, 0.3) is 5.69 Å². The van der Waals surface area contributed by atoms with Crippen molar-refractivity contribution in [3.05, 3.63) is 64.1 Å². The summed E-state index contributed by atoms with van der Waals surface area (Å²) in [5.41, 5.74) is 1.28. The van der Waals surface area contributed by atoms with Gasteiger partial charge in [0.2, 0.25) is 0 Å². The molecular formula is C14H10ClN3OS. The number of hydrogen-bond donors (Lipinski definition) is 1. The molecule has 1 N–H and O–H groups in total. The van der Waals surface area contributed by atoms with E-state index in [9.17, 15) is 4.79 Å². The van der Waals surface area contributed by atoms with Crippen molar-refractivity contribution in [2.45, 2.75) is 0 Å². The molecular weight excluding hydrogens is 294 g/mol. The second-order valence-electron chi connectivity index (χ2n) is 4.02. The lowest BCUT2D eigenvalue weighted by Gasteiger charge is -2.12. The summed E-state index contributed by atoms with van der Waals surface area (Å²) in [6.45, 7) is 0. The van der Waals surface area contributed by atoms with Crippen LogP contribution in [0.15, 0.2) is 54.2 Å². The minimum Gasteiger partial charge on any atom is -0.319 e. The topological polar surface area (TPSA) is 46.9 Å². The normalized spacial score (nSPS) is 10.4. The molecule has 0 atom stereocenters. The number of carbonyl (C=O) groups is 1. The molecule has 20 heavy (non-hydrogen) atoms. The lowest BCUT2D eigenvalue weighted by molar-refractivity contribution is 0.103. The lowest BCUT2D eigenvalue weighted by atomic mass is 10.2. The number of nitrogens with one attached hydrogen (secondary N) is 1. The summed E-state index contributed by atoms with van der Waals surface area (Å²) in [6.07, 6.45) is 3.44. The molecule has 4 nitrogen and oxygen atoms in total. The molecule has 0 bridgehead atoms. The quantitative estimate of drug-likeness (QED) is 0.799. The van der Waals surface area contributed by atoms with Crippen molar-refractivity contribution in [2.24, 2.45) is 0 Å². The van der Waals surface area contributed by atoms with E-state index in [2.05, 4.69) is 10.4 Å². The van der Waals surface area contributed by atoms with Gasteiger partial charge in [-0.2, -0.15) is 5.10 Å². The average Bonchev–Trinajstić information content (AvgIpc) is 3.12. The monoisotopic (exact) mass is 303 g/mol. The number of thiophene rings is 1. The molecule has 0 spiro atoms. The van der Waals surface area contributed by atoms with Crippen LogP contribution in [0, 0.1) is 0 Å². The molecule has 0 unspecified atom stereocenters. The number of carbonyl (C=O) groups excluding carboxylic acids is 1. The number of hydrogen-bond acceptors (Lipinski definition) is 3. The Kier molecular flexibility index (Phi) is 3.54. The molecule has 0 saturated carbocycles. The Morgan fingerprint density at radius 1 is 1.25 bits per heavy atom. The Morgan fingerprint density at radius 2 is 2.15 bits per heavy atom. The summed E-state index contributed by atoms with van der Waals surface area (Å²) < 4.78 is 1.63. The van der Waals surface area contributed by atoms with E-state index in [1.807, 2.05) is 11.4 Å². The van der Waals surface area contributed by atoms with Gasteiger partial charge in [0.05, 0.1) is 15.6 Å². The summed E-state index contributed by atoms with van der Waals surface area (Å²) in [7, 11) is 0. The van der Waals surface area contributed by atoms with Gasteiger partial charge in [0.1, 0.15) is 5.69 Å². The van der Waals surface area contributed by atoms with E-state index in [1.54, 1.807) is 47.4 Å². The second-order valence-corrected chi connectivity index (χ2v) is 5.37. The first-order chi connectivity index (χ1) is 9.75. The van der Waals surface area contributed by atoms with Crippen LogP contribution in [0.3, 0.4) is 0 Å². The average molecular weight is 304 g/mol. The molecule has 3 rings (SSSR count). The Hall–Kier alpha value is -2.11. The zero-order valence-electron chi connectivity index (χ0n) is 10.3. The minimum atomic E-state index is -0.157. The Bertz CT molecular complexity index is 723. The van der Waals surface area contributed by atoms with Crippen molar-refractivity contribution in [3.63, 3.8) is 0 Å². The number of benzene rings is 1.